The summed E-state index contributed by atoms with van der Waals surface area (Å²) < 4.78 is 62.2. The molecule has 0 aliphatic carbocycles. The molecule has 0 N–H and O–H groups in total. The molecular weight excluding hydrogens is 733 g/mol. The van der Waals surface area contributed by atoms with Gasteiger partial charge in [-0.2, -0.15) is 0 Å². The van der Waals surface area contributed by atoms with Gasteiger partial charge in [-0.05, 0) is 93.5 Å². The molecule has 0 aromatic heterocycles. The van der Waals surface area contributed by atoms with Crippen molar-refractivity contribution in [2.24, 2.45) is 11.8 Å². The average Bonchev–Trinajstić information content (AvgIpc) is 3.11. The van der Waals surface area contributed by atoms with E-state index in [1.807, 2.05) is 64.1 Å². The third kappa shape index (κ3) is 14.3. The molecule has 0 spiro atoms. The van der Waals surface area contributed by atoms with Crippen molar-refractivity contribution in [1.82, 2.24) is 0 Å². The summed E-state index contributed by atoms with van der Waals surface area (Å²) in [6, 6.07) is 21.5. The fraction of sp³-hybridized carbons (Fsp3) is 0.698. The first-order valence-corrected chi connectivity index (χ1v) is 27.1. The average molecular weight is 807 g/mol. The largest absolute Gasteiger partial charge is 0.460 e. The van der Waals surface area contributed by atoms with Gasteiger partial charge in [0.2, 0.25) is 0 Å². The van der Waals surface area contributed by atoms with E-state index in [0.717, 1.165) is 23.7 Å². The Hall–Kier alpha value is -1.87. The Morgan fingerprint density at radius 2 is 1.33 bits per heavy atom. The van der Waals surface area contributed by atoms with E-state index in [9.17, 15) is 13.2 Å². The van der Waals surface area contributed by atoms with Crippen LogP contribution in [-0.4, -0.2) is 73.9 Å². The number of rotatable bonds is 23. The van der Waals surface area contributed by atoms with Crippen molar-refractivity contribution in [3.8, 4) is 0 Å². The summed E-state index contributed by atoms with van der Waals surface area (Å²) in [7, 11) is -6.92. The summed E-state index contributed by atoms with van der Waals surface area (Å²) in [5.74, 6) is -0.977. The first-order chi connectivity index (χ1) is 25.1. The van der Waals surface area contributed by atoms with Crippen LogP contribution in [0.2, 0.25) is 36.3 Å². The van der Waals surface area contributed by atoms with E-state index in [1.54, 1.807) is 31.4 Å². The van der Waals surface area contributed by atoms with Gasteiger partial charge in [0.05, 0.1) is 41.7 Å². The fourth-order valence-corrected chi connectivity index (χ4v) is 13.3. The van der Waals surface area contributed by atoms with Crippen molar-refractivity contribution < 1.29 is 36.3 Å². The second kappa shape index (κ2) is 21.1. The van der Waals surface area contributed by atoms with Crippen molar-refractivity contribution in [3.63, 3.8) is 0 Å². The maximum Gasteiger partial charge on any atom is 0.306 e. The van der Waals surface area contributed by atoms with Gasteiger partial charge >= 0.3 is 5.97 Å². The monoisotopic (exact) mass is 806 g/mol. The van der Waals surface area contributed by atoms with Gasteiger partial charge in [0, 0.05) is 19.4 Å². The number of hydrogen-bond donors (Lipinski definition) is 0. The van der Waals surface area contributed by atoms with Crippen molar-refractivity contribution in [3.05, 3.63) is 66.2 Å². The molecule has 0 saturated carbocycles. The Morgan fingerprint density at radius 3 is 1.81 bits per heavy atom. The van der Waals surface area contributed by atoms with Gasteiger partial charge in [-0.15, -0.1) is 0 Å². The van der Waals surface area contributed by atoms with E-state index < -0.39 is 55.4 Å². The normalized spacial score (nSPS) is 16.6. The van der Waals surface area contributed by atoms with E-state index >= 15 is 0 Å². The summed E-state index contributed by atoms with van der Waals surface area (Å²) in [5, 5.41) is -1.00. The van der Waals surface area contributed by atoms with E-state index in [-0.39, 0.29) is 47.4 Å². The quantitative estimate of drug-likeness (QED) is 0.0809. The number of carbonyl (C=O) groups is 1. The molecule has 0 saturated heterocycles. The summed E-state index contributed by atoms with van der Waals surface area (Å²) in [4.78, 5) is 13.4. The number of carbonyl (C=O) groups excluding carboxylic acids is 1. The first-order valence-electron chi connectivity index (χ1n) is 20.1. The van der Waals surface area contributed by atoms with Gasteiger partial charge < -0.3 is 23.1 Å². The molecule has 2 aromatic carbocycles. The Morgan fingerprint density at radius 1 is 0.796 bits per heavy atom. The second-order valence-corrected chi connectivity index (χ2v) is 29.2. The molecular formula is C43H74O8SSi2. The van der Waals surface area contributed by atoms with Crippen molar-refractivity contribution in [1.29, 1.82) is 0 Å². The third-order valence-corrected chi connectivity index (χ3v) is 23.0. The predicted molar refractivity (Wildman–Crippen MR) is 226 cm³/mol. The van der Waals surface area contributed by atoms with Crippen LogP contribution in [0.3, 0.4) is 0 Å². The predicted octanol–water partition coefficient (Wildman–Crippen LogP) is 10.6. The minimum absolute atomic E-state index is 0.138. The van der Waals surface area contributed by atoms with Gasteiger partial charge in [-0.1, -0.05) is 104 Å². The zero-order valence-electron chi connectivity index (χ0n) is 36.1. The second-order valence-electron chi connectivity index (χ2n) is 17.6. The lowest BCUT2D eigenvalue weighted by molar-refractivity contribution is -0.155. The van der Waals surface area contributed by atoms with Crippen LogP contribution in [0.4, 0.5) is 0 Å². The molecule has 0 heterocycles. The van der Waals surface area contributed by atoms with Crippen LogP contribution < -0.4 is 0 Å². The highest BCUT2D eigenvalue weighted by Crippen LogP contribution is 2.43. The van der Waals surface area contributed by atoms with Crippen molar-refractivity contribution in [2.75, 3.05) is 13.7 Å². The van der Waals surface area contributed by atoms with E-state index in [1.165, 1.54) is 0 Å². The molecule has 0 radical (unpaired) electrons. The maximum atomic E-state index is 14.9. The van der Waals surface area contributed by atoms with Crippen LogP contribution >= 0.6 is 0 Å². The molecule has 0 aliphatic rings. The number of methoxy groups -OCH3 is 1. The Kier molecular flexibility index (Phi) is 18.8. The minimum Gasteiger partial charge on any atom is -0.460 e. The van der Waals surface area contributed by atoms with Crippen LogP contribution in [0.25, 0.3) is 0 Å². The summed E-state index contributed by atoms with van der Waals surface area (Å²) in [5.41, 5.74) is 0.437. The molecule has 0 bridgehead atoms. The maximum absolute atomic E-state index is 14.9. The van der Waals surface area contributed by atoms with Crippen molar-refractivity contribution >= 4 is 32.4 Å². The first kappa shape index (κ1) is 48.3. The lowest BCUT2D eigenvalue weighted by Crippen LogP contribution is -2.54. The number of hydrogen-bond acceptors (Lipinski definition) is 8. The highest BCUT2D eigenvalue weighted by atomic mass is 32.2. The highest BCUT2D eigenvalue weighted by molar-refractivity contribution is 7.92. The van der Waals surface area contributed by atoms with Crippen LogP contribution in [-0.2, 0) is 44.3 Å². The fourth-order valence-electron chi connectivity index (χ4n) is 6.82. The Balaban J connectivity index is 2.70. The summed E-state index contributed by atoms with van der Waals surface area (Å²) in [6.07, 6.45) is -0.450. The van der Waals surface area contributed by atoms with Crippen LogP contribution in [0, 0.1) is 11.8 Å². The van der Waals surface area contributed by atoms with Gasteiger partial charge in [0.15, 0.2) is 26.5 Å². The Labute approximate surface area is 331 Å². The molecule has 0 aliphatic heterocycles. The molecule has 2 rings (SSSR count). The van der Waals surface area contributed by atoms with E-state index in [0.29, 0.717) is 13.0 Å². The summed E-state index contributed by atoms with van der Waals surface area (Å²) >= 11 is 0. The van der Waals surface area contributed by atoms with Gasteiger partial charge in [-0.25, -0.2) is 8.42 Å². The SMILES string of the molecule is CC[Si](CC)(CC)O[C@H](CCC(=O)OC(C)(C)C)[C@@H](C)[C@H](O[Si](C)(C)C(C)(C)C)[C@H](C)C(C[C@@H](COCc1ccccc1)OC)S(=O)(=O)c1ccccc1. The van der Waals surface area contributed by atoms with Crippen LogP contribution in [0.1, 0.15) is 101 Å². The number of esters is 1. The smallest absolute Gasteiger partial charge is 0.306 e. The summed E-state index contributed by atoms with van der Waals surface area (Å²) in [6.45, 7) is 28.1. The number of sulfone groups is 1. The highest BCUT2D eigenvalue weighted by Gasteiger charge is 2.48. The number of ether oxygens (including phenoxy) is 3. The zero-order chi connectivity index (χ0) is 41.0. The zero-order valence-corrected chi connectivity index (χ0v) is 38.9. The molecule has 2 aromatic rings. The van der Waals surface area contributed by atoms with Crippen LogP contribution in [0.15, 0.2) is 65.6 Å². The van der Waals surface area contributed by atoms with E-state index in [4.69, 9.17) is 23.1 Å². The molecule has 0 amide bonds. The molecule has 0 fully saturated rings. The lowest BCUT2D eigenvalue weighted by Gasteiger charge is -2.47. The molecule has 308 valence electrons. The van der Waals surface area contributed by atoms with Crippen LogP contribution in [0.5, 0.6) is 0 Å². The third-order valence-electron chi connectivity index (χ3n) is 11.5. The molecule has 1 unspecified atom stereocenters. The Bertz CT molecular complexity index is 1480. The van der Waals surface area contributed by atoms with Gasteiger partial charge in [-0.3, -0.25) is 4.79 Å². The molecule has 54 heavy (non-hydrogen) atoms. The van der Waals surface area contributed by atoms with Crippen molar-refractivity contribution in [2.45, 2.75) is 172 Å². The van der Waals surface area contributed by atoms with E-state index in [2.05, 4.69) is 61.6 Å². The molecule has 6 atom stereocenters. The molecule has 8 nitrogen and oxygen atoms in total. The minimum atomic E-state index is -3.88. The topological polar surface area (TPSA) is 97.4 Å². The van der Waals surface area contributed by atoms with Gasteiger partial charge in [0.25, 0.3) is 0 Å². The molecule has 11 heteroatoms. The standard InChI is InChI=1S/C43H74O8SSi2/c1-15-54(16-2,17-3)50-38(28-29-40(44)49-42(6,7)8)33(4)41(51-53(13,14)43(9,10)11)34(5)39(52(45,46)37-26-22-19-23-27-37)30-36(47-12)32-48-31-35-24-20-18-21-25-35/h18-27,33-34,36,38-39,41H,15-17,28-32H2,1-14H3/t33-,34-,36+,38-,39?,41+/m1/s1. The lowest BCUT2D eigenvalue weighted by atomic mass is 9.84. The van der Waals surface area contributed by atoms with Gasteiger partial charge in [0.1, 0.15) is 5.60 Å². The number of benzene rings is 2.